The maximum atomic E-state index is 12.2. The van der Waals surface area contributed by atoms with Gasteiger partial charge in [0.25, 0.3) is 0 Å². The van der Waals surface area contributed by atoms with E-state index in [1.54, 1.807) is 4.90 Å². The smallest absolute Gasteiger partial charge is 0.410 e. The van der Waals surface area contributed by atoms with Gasteiger partial charge in [-0.2, -0.15) is 0 Å². The molecular weight excluding hydrogens is 258 g/mol. The third-order valence-electron chi connectivity index (χ3n) is 2.48. The van der Waals surface area contributed by atoms with Crippen molar-refractivity contribution in [1.82, 2.24) is 10.2 Å². The summed E-state index contributed by atoms with van der Waals surface area (Å²) >= 11 is 0. The molecule has 2 amide bonds. The Bertz CT molecular complexity index is 330. The molecule has 0 aromatic rings. The largest absolute Gasteiger partial charge is 0.444 e. The fourth-order valence-electron chi connectivity index (χ4n) is 1.55. The lowest BCUT2D eigenvalue weighted by Gasteiger charge is -2.36. The van der Waals surface area contributed by atoms with Crippen LogP contribution in [0.15, 0.2) is 0 Å². The summed E-state index contributed by atoms with van der Waals surface area (Å²) in [6.45, 7) is 13.0. The molecule has 6 heteroatoms. The first kappa shape index (κ1) is 18.7. The number of carbonyl (C=O) groups is 2. The second kappa shape index (κ2) is 7.47. The van der Waals surface area contributed by atoms with Crippen molar-refractivity contribution in [2.45, 2.75) is 59.1 Å². The van der Waals surface area contributed by atoms with Crippen molar-refractivity contribution >= 4 is 12.0 Å². The Balaban J connectivity index is 4.38. The van der Waals surface area contributed by atoms with Gasteiger partial charge in [-0.3, -0.25) is 4.79 Å². The van der Waals surface area contributed by atoms with Gasteiger partial charge in [-0.15, -0.1) is 0 Å². The summed E-state index contributed by atoms with van der Waals surface area (Å²) in [5.41, 5.74) is 4.22. The lowest BCUT2D eigenvalue weighted by atomic mass is 10.1. The number of amides is 2. The molecule has 0 rings (SSSR count). The highest BCUT2D eigenvalue weighted by Crippen LogP contribution is 2.17. The maximum absolute atomic E-state index is 12.2. The summed E-state index contributed by atoms with van der Waals surface area (Å²) in [6, 6.07) is 0. The molecule has 0 heterocycles. The number of hydrogen-bond acceptors (Lipinski definition) is 4. The van der Waals surface area contributed by atoms with Crippen LogP contribution in [-0.4, -0.2) is 47.7 Å². The second-order valence-electron chi connectivity index (χ2n) is 6.77. The van der Waals surface area contributed by atoms with E-state index in [1.807, 2.05) is 41.5 Å². The molecule has 0 spiro atoms. The van der Waals surface area contributed by atoms with E-state index in [2.05, 4.69) is 5.32 Å². The van der Waals surface area contributed by atoms with Crippen molar-refractivity contribution in [2.75, 3.05) is 19.6 Å². The van der Waals surface area contributed by atoms with Crippen LogP contribution in [0.5, 0.6) is 0 Å². The molecule has 0 radical (unpaired) electrons. The zero-order valence-electron chi connectivity index (χ0n) is 13.6. The molecule has 0 aliphatic heterocycles. The number of nitrogens with one attached hydrogen (secondary N) is 1. The minimum Gasteiger partial charge on any atom is -0.444 e. The minimum atomic E-state index is -0.514. The molecule has 0 atom stereocenters. The van der Waals surface area contributed by atoms with Gasteiger partial charge in [0.05, 0.1) is 0 Å². The van der Waals surface area contributed by atoms with Gasteiger partial charge in [-0.1, -0.05) is 0 Å². The van der Waals surface area contributed by atoms with Gasteiger partial charge < -0.3 is 20.7 Å². The number of primary amides is 1. The Morgan fingerprint density at radius 2 is 1.65 bits per heavy atom. The van der Waals surface area contributed by atoms with Gasteiger partial charge in [-0.05, 0) is 41.5 Å². The number of rotatable bonds is 6. The van der Waals surface area contributed by atoms with Crippen LogP contribution in [0.4, 0.5) is 4.79 Å². The molecule has 0 aliphatic carbocycles. The number of nitrogens with two attached hydrogens (primary N) is 1. The van der Waals surface area contributed by atoms with Gasteiger partial charge in [0, 0.05) is 31.6 Å². The molecule has 0 aliphatic rings. The number of ether oxygens (including phenoxy) is 1. The molecule has 0 bridgehead atoms. The summed E-state index contributed by atoms with van der Waals surface area (Å²) in [5, 5.41) is 3.09. The molecule has 3 N–H and O–H groups in total. The number of nitrogens with zero attached hydrogens (tertiary/aromatic N) is 1. The zero-order chi connectivity index (χ0) is 16.0. The fourth-order valence-corrected chi connectivity index (χ4v) is 1.55. The van der Waals surface area contributed by atoms with Gasteiger partial charge in [0.2, 0.25) is 5.91 Å². The lowest BCUT2D eigenvalue weighted by molar-refractivity contribution is -0.117. The molecule has 118 valence electrons. The van der Waals surface area contributed by atoms with E-state index in [0.29, 0.717) is 26.1 Å². The van der Waals surface area contributed by atoms with Crippen LogP contribution >= 0.6 is 0 Å². The van der Waals surface area contributed by atoms with E-state index >= 15 is 0 Å². The molecule has 0 saturated heterocycles. The highest BCUT2D eigenvalue weighted by Gasteiger charge is 2.30. The monoisotopic (exact) mass is 287 g/mol. The lowest BCUT2D eigenvalue weighted by Crippen LogP contribution is -2.50. The van der Waals surface area contributed by atoms with Crippen molar-refractivity contribution < 1.29 is 14.3 Å². The van der Waals surface area contributed by atoms with Gasteiger partial charge in [0.15, 0.2) is 0 Å². The maximum Gasteiger partial charge on any atom is 0.410 e. The number of carbonyl (C=O) groups excluding carboxylic acids is 2. The van der Waals surface area contributed by atoms with Crippen LogP contribution in [0.25, 0.3) is 0 Å². The molecule has 6 nitrogen and oxygen atoms in total. The van der Waals surface area contributed by atoms with Crippen LogP contribution in [0, 0.1) is 0 Å². The van der Waals surface area contributed by atoms with Crippen molar-refractivity contribution in [1.29, 1.82) is 0 Å². The van der Waals surface area contributed by atoms with Crippen LogP contribution in [-0.2, 0) is 9.53 Å². The predicted octanol–water partition coefficient (Wildman–Crippen LogP) is 1.49. The second-order valence-corrected chi connectivity index (χ2v) is 6.77. The summed E-state index contributed by atoms with van der Waals surface area (Å²) in [4.78, 5) is 24.5. The first-order chi connectivity index (χ1) is 8.93. The standard InChI is InChI=1S/C14H29N3O3/c1-13(2,3)17(12(19)20-14(4,5)6)10-9-16-8-7-11(15)18/h16H,7-10H2,1-6H3,(H2,15,18). The Morgan fingerprint density at radius 1 is 1.10 bits per heavy atom. The zero-order valence-corrected chi connectivity index (χ0v) is 13.6. The summed E-state index contributed by atoms with van der Waals surface area (Å²) in [5.74, 6) is -0.336. The van der Waals surface area contributed by atoms with Gasteiger partial charge in [0.1, 0.15) is 5.60 Å². The summed E-state index contributed by atoms with van der Waals surface area (Å²) in [7, 11) is 0. The SMILES string of the molecule is CC(C)(C)OC(=O)N(CCNCCC(N)=O)C(C)(C)C. The highest BCUT2D eigenvalue weighted by atomic mass is 16.6. The molecule has 20 heavy (non-hydrogen) atoms. The molecule has 0 fully saturated rings. The summed E-state index contributed by atoms with van der Waals surface area (Å²) in [6.07, 6.45) is -0.0382. The van der Waals surface area contributed by atoms with Crippen LogP contribution < -0.4 is 11.1 Å². The Morgan fingerprint density at radius 3 is 2.05 bits per heavy atom. The van der Waals surface area contributed by atoms with Crippen LogP contribution in [0.2, 0.25) is 0 Å². The Hall–Kier alpha value is -1.30. The van der Waals surface area contributed by atoms with E-state index in [-0.39, 0.29) is 17.5 Å². The average Bonchev–Trinajstić information content (AvgIpc) is 2.17. The third-order valence-corrected chi connectivity index (χ3v) is 2.48. The molecule has 0 aromatic heterocycles. The van der Waals surface area contributed by atoms with Crippen LogP contribution in [0.1, 0.15) is 48.0 Å². The normalized spacial score (nSPS) is 12.1. The van der Waals surface area contributed by atoms with Crippen molar-refractivity contribution in [2.24, 2.45) is 5.73 Å². The van der Waals surface area contributed by atoms with E-state index < -0.39 is 5.60 Å². The van der Waals surface area contributed by atoms with E-state index in [9.17, 15) is 9.59 Å². The third kappa shape index (κ3) is 8.74. The first-order valence-electron chi connectivity index (χ1n) is 6.93. The van der Waals surface area contributed by atoms with Crippen molar-refractivity contribution in [3.8, 4) is 0 Å². The minimum absolute atomic E-state index is 0.294. The van der Waals surface area contributed by atoms with Gasteiger partial charge >= 0.3 is 6.09 Å². The topological polar surface area (TPSA) is 84.7 Å². The molecule has 0 saturated carbocycles. The first-order valence-corrected chi connectivity index (χ1v) is 6.93. The van der Waals surface area contributed by atoms with E-state index in [4.69, 9.17) is 10.5 Å². The molecule has 0 unspecified atom stereocenters. The highest BCUT2D eigenvalue weighted by molar-refractivity contribution is 5.73. The van der Waals surface area contributed by atoms with Crippen molar-refractivity contribution in [3.05, 3.63) is 0 Å². The number of hydrogen-bond donors (Lipinski definition) is 2. The van der Waals surface area contributed by atoms with Crippen LogP contribution in [0.3, 0.4) is 0 Å². The Kier molecular flexibility index (Phi) is 6.99. The average molecular weight is 287 g/mol. The van der Waals surface area contributed by atoms with Gasteiger partial charge in [-0.25, -0.2) is 4.79 Å². The fraction of sp³-hybridized carbons (Fsp3) is 0.857. The van der Waals surface area contributed by atoms with E-state index in [1.165, 1.54) is 0 Å². The van der Waals surface area contributed by atoms with Crippen molar-refractivity contribution in [3.63, 3.8) is 0 Å². The molecule has 0 aromatic carbocycles. The predicted molar refractivity (Wildman–Crippen MR) is 79.4 cm³/mol. The van der Waals surface area contributed by atoms with E-state index in [0.717, 1.165) is 0 Å². The quantitative estimate of drug-likeness (QED) is 0.725. The Labute approximate surface area is 122 Å². The summed E-state index contributed by atoms with van der Waals surface area (Å²) < 4.78 is 5.41. The molecular formula is C14H29N3O3.